The van der Waals surface area contributed by atoms with Crippen LogP contribution in [0.2, 0.25) is 0 Å². The fourth-order valence-corrected chi connectivity index (χ4v) is 1.73. The van der Waals surface area contributed by atoms with Crippen molar-refractivity contribution in [3.8, 4) is 5.75 Å². The second-order valence-corrected chi connectivity index (χ2v) is 4.24. The van der Waals surface area contributed by atoms with Crippen LogP contribution in [-0.4, -0.2) is 6.10 Å². The monoisotopic (exact) mass is 230 g/mol. The molecule has 1 aromatic rings. The first-order valence-corrected chi connectivity index (χ1v) is 5.31. The van der Waals surface area contributed by atoms with Crippen molar-refractivity contribution in [2.75, 3.05) is 0 Å². The summed E-state index contributed by atoms with van der Waals surface area (Å²) in [7, 11) is 0. The molecule has 1 nitrogen and oxygen atoms in total. The molecule has 1 saturated carbocycles. The Kier molecular flexibility index (Phi) is 2.82. The van der Waals surface area contributed by atoms with Crippen molar-refractivity contribution in [2.24, 2.45) is 5.92 Å². The molecule has 1 aromatic carbocycles. The van der Waals surface area contributed by atoms with Gasteiger partial charge in [0.2, 0.25) is 0 Å². The van der Waals surface area contributed by atoms with Gasteiger partial charge in [0.15, 0.2) is 0 Å². The lowest BCUT2D eigenvalue weighted by Crippen LogP contribution is -2.34. The van der Waals surface area contributed by atoms with Crippen LogP contribution in [0, 0.1) is 5.92 Å². The molecule has 0 aromatic heterocycles. The maximum Gasteiger partial charge on any atom is 0.416 e. The van der Waals surface area contributed by atoms with Gasteiger partial charge in [-0.15, -0.1) is 0 Å². The fourth-order valence-electron chi connectivity index (χ4n) is 1.73. The molecule has 1 aliphatic rings. The fraction of sp³-hybridized carbons (Fsp3) is 0.500. The number of benzene rings is 1. The van der Waals surface area contributed by atoms with Crippen LogP contribution in [0.25, 0.3) is 0 Å². The maximum absolute atomic E-state index is 12.4. The predicted octanol–water partition coefficient (Wildman–Crippen LogP) is 3.88. The molecule has 88 valence electrons. The van der Waals surface area contributed by atoms with Gasteiger partial charge < -0.3 is 4.74 Å². The molecular formula is C12H13F3O. The zero-order valence-electron chi connectivity index (χ0n) is 8.92. The quantitative estimate of drug-likeness (QED) is 0.749. The molecule has 1 unspecified atom stereocenters. The Bertz CT molecular complexity index is 373. The third-order valence-corrected chi connectivity index (χ3v) is 2.99. The standard InChI is InChI=1S/C12H13F3O/c1-8-5-6-11(8)16-10-4-2-3-9(7-10)12(13,14)15/h2-4,7-8,11H,5-6H2,1H3/t8?,11-/m1/s1. The van der Waals surface area contributed by atoms with Crippen LogP contribution in [0.4, 0.5) is 13.2 Å². The van der Waals surface area contributed by atoms with Crippen molar-refractivity contribution in [1.82, 2.24) is 0 Å². The molecule has 0 aliphatic heterocycles. The summed E-state index contributed by atoms with van der Waals surface area (Å²) in [5, 5.41) is 0. The van der Waals surface area contributed by atoms with E-state index in [-0.39, 0.29) is 6.10 Å². The molecule has 1 fully saturated rings. The van der Waals surface area contributed by atoms with Gasteiger partial charge in [-0.25, -0.2) is 0 Å². The average molecular weight is 230 g/mol. The van der Waals surface area contributed by atoms with E-state index in [4.69, 9.17) is 4.74 Å². The van der Waals surface area contributed by atoms with Crippen molar-refractivity contribution < 1.29 is 17.9 Å². The van der Waals surface area contributed by atoms with E-state index in [2.05, 4.69) is 0 Å². The highest BCUT2D eigenvalue weighted by molar-refractivity contribution is 5.30. The first-order chi connectivity index (χ1) is 7.47. The van der Waals surface area contributed by atoms with Crippen molar-refractivity contribution in [1.29, 1.82) is 0 Å². The molecule has 0 N–H and O–H groups in total. The average Bonchev–Trinajstić information content (AvgIpc) is 2.23. The third-order valence-electron chi connectivity index (χ3n) is 2.99. The van der Waals surface area contributed by atoms with E-state index in [1.54, 1.807) is 6.07 Å². The molecular weight excluding hydrogens is 217 g/mol. The van der Waals surface area contributed by atoms with Gasteiger partial charge in [-0.2, -0.15) is 13.2 Å². The lowest BCUT2D eigenvalue weighted by molar-refractivity contribution is -0.137. The third kappa shape index (κ3) is 2.31. The Morgan fingerprint density at radius 3 is 2.50 bits per heavy atom. The van der Waals surface area contributed by atoms with Crippen LogP contribution >= 0.6 is 0 Å². The Hall–Kier alpha value is -1.19. The van der Waals surface area contributed by atoms with E-state index >= 15 is 0 Å². The molecule has 2 atom stereocenters. The summed E-state index contributed by atoms with van der Waals surface area (Å²) in [5.74, 6) is 0.751. The lowest BCUT2D eigenvalue weighted by atomic mass is 9.83. The predicted molar refractivity (Wildman–Crippen MR) is 54.3 cm³/mol. The first kappa shape index (κ1) is 11.3. The molecule has 1 aliphatic carbocycles. The summed E-state index contributed by atoms with van der Waals surface area (Å²) in [6.45, 7) is 2.04. The summed E-state index contributed by atoms with van der Waals surface area (Å²) < 4.78 is 42.8. The van der Waals surface area contributed by atoms with Crippen LogP contribution < -0.4 is 4.74 Å². The Morgan fingerprint density at radius 1 is 1.25 bits per heavy atom. The minimum absolute atomic E-state index is 0.0727. The lowest BCUT2D eigenvalue weighted by Gasteiger charge is -2.34. The van der Waals surface area contributed by atoms with Gasteiger partial charge in [-0.1, -0.05) is 13.0 Å². The van der Waals surface area contributed by atoms with Crippen molar-refractivity contribution in [3.05, 3.63) is 29.8 Å². The van der Waals surface area contributed by atoms with Gasteiger partial charge in [0.25, 0.3) is 0 Å². The van der Waals surface area contributed by atoms with Crippen LogP contribution in [0.5, 0.6) is 5.75 Å². The minimum atomic E-state index is -4.30. The van der Waals surface area contributed by atoms with Crippen LogP contribution in [0.15, 0.2) is 24.3 Å². The number of rotatable bonds is 2. The number of halogens is 3. The molecule has 0 bridgehead atoms. The molecule has 0 radical (unpaired) electrons. The smallest absolute Gasteiger partial charge is 0.416 e. The van der Waals surface area contributed by atoms with E-state index in [0.717, 1.165) is 25.0 Å². The number of hydrogen-bond acceptors (Lipinski definition) is 1. The molecule has 4 heteroatoms. The van der Waals surface area contributed by atoms with Gasteiger partial charge in [-0.05, 0) is 37.0 Å². The number of ether oxygens (including phenoxy) is 1. The Morgan fingerprint density at radius 2 is 2.00 bits per heavy atom. The summed E-state index contributed by atoms with van der Waals surface area (Å²) >= 11 is 0. The molecule has 16 heavy (non-hydrogen) atoms. The highest BCUT2D eigenvalue weighted by atomic mass is 19.4. The molecule has 0 heterocycles. The van der Waals surface area contributed by atoms with E-state index in [0.29, 0.717) is 11.7 Å². The van der Waals surface area contributed by atoms with Crippen molar-refractivity contribution in [2.45, 2.75) is 32.0 Å². The van der Waals surface area contributed by atoms with Crippen LogP contribution in [0.3, 0.4) is 0 Å². The van der Waals surface area contributed by atoms with E-state index < -0.39 is 11.7 Å². The number of alkyl halides is 3. The molecule has 0 spiro atoms. The van der Waals surface area contributed by atoms with Crippen LogP contribution in [-0.2, 0) is 6.18 Å². The zero-order chi connectivity index (χ0) is 11.8. The molecule has 2 rings (SSSR count). The van der Waals surface area contributed by atoms with Gasteiger partial charge in [-0.3, -0.25) is 0 Å². The van der Waals surface area contributed by atoms with Gasteiger partial charge in [0, 0.05) is 0 Å². The highest BCUT2D eigenvalue weighted by Gasteiger charge is 2.32. The van der Waals surface area contributed by atoms with Gasteiger partial charge in [0.05, 0.1) is 5.56 Å². The van der Waals surface area contributed by atoms with Crippen molar-refractivity contribution in [3.63, 3.8) is 0 Å². The second kappa shape index (κ2) is 4.00. The normalized spacial score (nSPS) is 25.0. The Labute approximate surface area is 92.2 Å². The van der Waals surface area contributed by atoms with Crippen LogP contribution in [0.1, 0.15) is 25.3 Å². The van der Waals surface area contributed by atoms with Gasteiger partial charge >= 0.3 is 6.18 Å². The highest BCUT2D eigenvalue weighted by Crippen LogP contribution is 2.34. The van der Waals surface area contributed by atoms with Crippen molar-refractivity contribution >= 4 is 0 Å². The SMILES string of the molecule is CC1CC[C@H]1Oc1cccc(C(F)(F)F)c1. The topological polar surface area (TPSA) is 9.23 Å². The number of hydrogen-bond donors (Lipinski definition) is 0. The first-order valence-electron chi connectivity index (χ1n) is 5.31. The van der Waals surface area contributed by atoms with Gasteiger partial charge in [0.1, 0.15) is 11.9 Å². The van der Waals surface area contributed by atoms with E-state index in [9.17, 15) is 13.2 Å². The molecule has 0 saturated heterocycles. The molecule has 0 amide bonds. The van der Waals surface area contributed by atoms with E-state index in [1.807, 2.05) is 6.92 Å². The largest absolute Gasteiger partial charge is 0.490 e. The summed E-state index contributed by atoms with van der Waals surface area (Å²) in [6, 6.07) is 5.06. The Balaban J connectivity index is 2.10. The van der Waals surface area contributed by atoms with E-state index in [1.165, 1.54) is 6.07 Å². The summed E-state index contributed by atoms with van der Waals surface area (Å²) in [4.78, 5) is 0. The zero-order valence-corrected chi connectivity index (χ0v) is 8.92. The summed E-state index contributed by atoms with van der Waals surface area (Å²) in [6.07, 6.45) is -2.21. The maximum atomic E-state index is 12.4. The second-order valence-electron chi connectivity index (χ2n) is 4.24. The summed E-state index contributed by atoms with van der Waals surface area (Å²) in [5.41, 5.74) is -0.656. The minimum Gasteiger partial charge on any atom is -0.490 e.